The SMILES string of the molecule is Cc1ccc2[nH]cc([C@@H](c3ccc(N(C)C)cc3O)C(C)(C)C)c2c1. The van der Waals surface area contributed by atoms with Crippen molar-refractivity contribution < 1.29 is 5.11 Å². The van der Waals surface area contributed by atoms with Gasteiger partial charge < -0.3 is 15.0 Å². The molecule has 3 nitrogen and oxygen atoms in total. The Balaban J connectivity index is 2.21. The highest BCUT2D eigenvalue weighted by Crippen LogP contribution is 2.46. The molecule has 0 fully saturated rings. The van der Waals surface area contributed by atoms with Gasteiger partial charge in [-0.2, -0.15) is 0 Å². The summed E-state index contributed by atoms with van der Waals surface area (Å²) in [4.78, 5) is 5.40. The summed E-state index contributed by atoms with van der Waals surface area (Å²) < 4.78 is 0. The van der Waals surface area contributed by atoms with Crippen LogP contribution in [0.2, 0.25) is 0 Å². The molecule has 2 aromatic carbocycles. The first-order valence-corrected chi connectivity index (χ1v) is 8.76. The summed E-state index contributed by atoms with van der Waals surface area (Å²) in [5.41, 5.74) is 5.56. The van der Waals surface area contributed by atoms with Crippen molar-refractivity contribution in [3.8, 4) is 5.75 Å². The van der Waals surface area contributed by atoms with Crippen LogP contribution in [0, 0.1) is 12.3 Å². The highest BCUT2D eigenvalue weighted by molar-refractivity contribution is 5.85. The summed E-state index contributed by atoms with van der Waals surface area (Å²) in [5, 5.41) is 12.0. The van der Waals surface area contributed by atoms with Crippen molar-refractivity contribution in [3.63, 3.8) is 0 Å². The number of phenols is 1. The van der Waals surface area contributed by atoms with Gasteiger partial charge in [0.15, 0.2) is 0 Å². The lowest BCUT2D eigenvalue weighted by molar-refractivity contribution is 0.349. The van der Waals surface area contributed by atoms with Crippen molar-refractivity contribution in [2.75, 3.05) is 19.0 Å². The lowest BCUT2D eigenvalue weighted by Gasteiger charge is -2.32. The molecule has 2 N–H and O–H groups in total. The Morgan fingerprint density at radius 3 is 2.32 bits per heavy atom. The van der Waals surface area contributed by atoms with Gasteiger partial charge >= 0.3 is 0 Å². The molecule has 0 saturated carbocycles. The number of H-pyrrole nitrogens is 1. The minimum Gasteiger partial charge on any atom is -0.508 e. The third kappa shape index (κ3) is 3.23. The van der Waals surface area contributed by atoms with Crippen LogP contribution in [0.15, 0.2) is 42.6 Å². The molecular formula is C22H28N2O. The van der Waals surface area contributed by atoms with E-state index in [4.69, 9.17) is 0 Å². The van der Waals surface area contributed by atoms with Gasteiger partial charge in [0.05, 0.1) is 0 Å². The molecule has 0 aliphatic heterocycles. The van der Waals surface area contributed by atoms with E-state index in [0.29, 0.717) is 5.75 Å². The molecule has 132 valence electrons. The van der Waals surface area contributed by atoms with E-state index in [-0.39, 0.29) is 11.3 Å². The minimum absolute atomic E-state index is 0.0318. The fraction of sp³-hybridized carbons (Fsp3) is 0.364. The largest absolute Gasteiger partial charge is 0.508 e. The predicted molar refractivity (Wildman–Crippen MR) is 107 cm³/mol. The van der Waals surface area contributed by atoms with Crippen LogP contribution in [0.1, 0.15) is 43.4 Å². The number of aromatic hydroxyl groups is 1. The summed E-state index contributed by atoms with van der Waals surface area (Å²) in [5.74, 6) is 0.451. The molecule has 0 saturated heterocycles. The number of nitrogens with one attached hydrogen (secondary N) is 1. The zero-order valence-corrected chi connectivity index (χ0v) is 16.0. The highest BCUT2D eigenvalue weighted by atomic mass is 16.3. The third-order valence-corrected chi connectivity index (χ3v) is 4.89. The van der Waals surface area contributed by atoms with Crippen LogP contribution in [-0.4, -0.2) is 24.2 Å². The molecule has 0 unspecified atom stereocenters. The van der Waals surface area contributed by atoms with Crippen LogP contribution >= 0.6 is 0 Å². The van der Waals surface area contributed by atoms with E-state index in [1.807, 2.05) is 25.1 Å². The van der Waals surface area contributed by atoms with Gasteiger partial charge in [-0.25, -0.2) is 0 Å². The summed E-state index contributed by atoms with van der Waals surface area (Å²) in [6, 6.07) is 12.5. The van der Waals surface area contributed by atoms with Gasteiger partial charge in [-0.15, -0.1) is 0 Å². The number of benzene rings is 2. The number of nitrogens with zero attached hydrogens (tertiary/aromatic N) is 1. The van der Waals surface area contributed by atoms with Crippen LogP contribution in [-0.2, 0) is 0 Å². The first-order chi connectivity index (χ1) is 11.7. The number of aromatic nitrogens is 1. The van der Waals surface area contributed by atoms with Gasteiger partial charge in [-0.3, -0.25) is 0 Å². The number of aryl methyl sites for hydroxylation is 1. The fourth-order valence-electron chi connectivity index (χ4n) is 3.65. The third-order valence-electron chi connectivity index (χ3n) is 4.89. The van der Waals surface area contributed by atoms with E-state index >= 15 is 0 Å². The summed E-state index contributed by atoms with van der Waals surface area (Å²) in [6.07, 6.45) is 2.10. The van der Waals surface area contributed by atoms with Gasteiger partial charge in [0.1, 0.15) is 5.75 Å². The number of anilines is 1. The molecule has 3 heteroatoms. The maximum atomic E-state index is 10.8. The van der Waals surface area contributed by atoms with Crippen LogP contribution < -0.4 is 4.90 Å². The molecule has 0 aliphatic rings. The standard InChI is InChI=1S/C22H28N2O/c1-14-7-10-19-17(11-14)18(13-23-19)21(22(2,3)4)16-9-8-15(24(5)6)12-20(16)25/h7-13,21,23,25H,1-6H3/t21-/m1/s1. The van der Waals surface area contributed by atoms with E-state index < -0.39 is 0 Å². The summed E-state index contributed by atoms with van der Waals surface area (Å²) in [6.45, 7) is 8.80. The number of aromatic amines is 1. The monoisotopic (exact) mass is 336 g/mol. The lowest BCUT2D eigenvalue weighted by Crippen LogP contribution is -2.20. The van der Waals surface area contributed by atoms with Crippen molar-refractivity contribution >= 4 is 16.6 Å². The van der Waals surface area contributed by atoms with Crippen molar-refractivity contribution in [2.24, 2.45) is 5.41 Å². The van der Waals surface area contributed by atoms with E-state index in [1.165, 1.54) is 16.5 Å². The number of rotatable bonds is 3. The zero-order chi connectivity index (χ0) is 18.4. The van der Waals surface area contributed by atoms with Gasteiger partial charge in [0, 0.05) is 54.4 Å². The Bertz CT molecular complexity index is 900. The molecule has 0 aliphatic carbocycles. The first-order valence-electron chi connectivity index (χ1n) is 8.76. The second kappa shape index (κ2) is 6.14. The highest BCUT2D eigenvalue weighted by Gasteiger charge is 2.32. The van der Waals surface area contributed by atoms with E-state index in [0.717, 1.165) is 16.8 Å². The van der Waals surface area contributed by atoms with Crippen LogP contribution in [0.25, 0.3) is 10.9 Å². The molecule has 3 aromatic rings. The average molecular weight is 336 g/mol. The predicted octanol–water partition coefficient (Wildman–Crippen LogP) is 5.43. The second-order valence-electron chi connectivity index (χ2n) is 8.23. The second-order valence-corrected chi connectivity index (χ2v) is 8.23. The van der Waals surface area contributed by atoms with Gasteiger partial charge in [-0.1, -0.05) is 38.5 Å². The summed E-state index contributed by atoms with van der Waals surface area (Å²) in [7, 11) is 3.97. The van der Waals surface area contributed by atoms with Crippen molar-refractivity contribution in [3.05, 3.63) is 59.3 Å². The Morgan fingerprint density at radius 1 is 1.00 bits per heavy atom. The Labute approximate surface area is 150 Å². The number of phenolic OH excluding ortho intramolecular Hbond substituents is 1. The van der Waals surface area contributed by atoms with Crippen molar-refractivity contribution in [1.29, 1.82) is 0 Å². The smallest absolute Gasteiger partial charge is 0.121 e. The Morgan fingerprint density at radius 2 is 1.72 bits per heavy atom. The first kappa shape index (κ1) is 17.4. The molecule has 1 heterocycles. The lowest BCUT2D eigenvalue weighted by atomic mass is 9.72. The number of hydrogen-bond donors (Lipinski definition) is 2. The molecular weight excluding hydrogens is 308 g/mol. The Hall–Kier alpha value is -2.42. The number of fused-ring (bicyclic) bond motifs is 1. The molecule has 1 aromatic heterocycles. The normalized spacial score (nSPS) is 13.2. The van der Waals surface area contributed by atoms with E-state index in [9.17, 15) is 5.11 Å². The van der Waals surface area contributed by atoms with E-state index in [2.05, 4.69) is 69.2 Å². The van der Waals surface area contributed by atoms with Crippen molar-refractivity contribution in [2.45, 2.75) is 33.6 Å². The van der Waals surface area contributed by atoms with Crippen LogP contribution in [0.4, 0.5) is 5.69 Å². The van der Waals surface area contributed by atoms with E-state index in [1.54, 1.807) is 0 Å². The maximum Gasteiger partial charge on any atom is 0.121 e. The molecule has 0 radical (unpaired) electrons. The zero-order valence-electron chi connectivity index (χ0n) is 16.0. The minimum atomic E-state index is -0.0318. The molecule has 1 atom stereocenters. The van der Waals surface area contributed by atoms with Gasteiger partial charge in [-0.05, 0) is 36.1 Å². The average Bonchev–Trinajstić information content (AvgIpc) is 2.90. The molecule has 0 spiro atoms. The molecule has 25 heavy (non-hydrogen) atoms. The molecule has 3 rings (SSSR count). The number of hydrogen-bond acceptors (Lipinski definition) is 2. The Kier molecular flexibility index (Phi) is 4.28. The van der Waals surface area contributed by atoms with Gasteiger partial charge in [0.25, 0.3) is 0 Å². The maximum absolute atomic E-state index is 10.8. The topological polar surface area (TPSA) is 39.3 Å². The van der Waals surface area contributed by atoms with Crippen LogP contribution in [0.3, 0.4) is 0 Å². The fourth-order valence-corrected chi connectivity index (χ4v) is 3.65. The molecule has 0 amide bonds. The van der Waals surface area contributed by atoms with Gasteiger partial charge in [0.2, 0.25) is 0 Å². The quantitative estimate of drug-likeness (QED) is 0.670. The molecule has 0 bridgehead atoms. The van der Waals surface area contributed by atoms with Crippen LogP contribution in [0.5, 0.6) is 5.75 Å². The summed E-state index contributed by atoms with van der Waals surface area (Å²) >= 11 is 0. The van der Waals surface area contributed by atoms with Crippen molar-refractivity contribution in [1.82, 2.24) is 4.98 Å².